The topological polar surface area (TPSA) is 17.0 Å². The zero-order valence-corrected chi connectivity index (χ0v) is 22.4. The van der Waals surface area contributed by atoms with Gasteiger partial charge in [-0.25, -0.2) is 4.39 Å². The van der Waals surface area contributed by atoms with Gasteiger partial charge in [-0.2, -0.15) is 4.57 Å². The summed E-state index contributed by atoms with van der Waals surface area (Å²) in [6.07, 6.45) is 0. The van der Waals surface area contributed by atoms with Crippen LogP contribution in [0.15, 0.2) is 52.9 Å². The molecule has 0 saturated carbocycles. The summed E-state index contributed by atoms with van der Waals surface area (Å²) in [5.41, 5.74) is 8.54. The zero-order chi connectivity index (χ0) is 24.5. The van der Waals surface area contributed by atoms with Gasteiger partial charge in [0.15, 0.2) is 0 Å². The molecule has 0 atom stereocenters. The lowest BCUT2D eigenvalue weighted by atomic mass is 9.95. The van der Waals surface area contributed by atoms with Gasteiger partial charge in [0.25, 0.3) is 0 Å². The van der Waals surface area contributed by atoms with Crippen LogP contribution in [0.5, 0.6) is 0 Å². The van der Waals surface area contributed by atoms with Gasteiger partial charge in [-0.1, -0.05) is 39.1 Å². The molecule has 0 bridgehead atoms. The van der Waals surface area contributed by atoms with Crippen molar-refractivity contribution in [2.45, 2.75) is 53.3 Å². The van der Waals surface area contributed by atoms with Gasteiger partial charge in [-0.3, -0.25) is 0 Å². The third-order valence-corrected chi connectivity index (χ3v) is 12.9. The monoisotopic (exact) mass is 470 g/mol. The average Bonchev–Trinajstić information content (AvgIpc) is 3.16. The van der Waals surface area contributed by atoms with Gasteiger partial charge >= 0.3 is 0 Å². The molecule has 5 aromatic rings. The van der Waals surface area contributed by atoms with E-state index in [0.717, 1.165) is 27.6 Å². The first kappa shape index (κ1) is 22.8. The number of nitrogens with zero attached hydrogens (tertiary/aromatic N) is 1. The first-order valence-electron chi connectivity index (χ1n) is 12.1. The molecular weight excluding hydrogens is 437 g/mol. The summed E-state index contributed by atoms with van der Waals surface area (Å²) < 4.78 is 23.2. The predicted molar refractivity (Wildman–Crippen MR) is 144 cm³/mol. The second kappa shape index (κ2) is 7.77. The van der Waals surface area contributed by atoms with Crippen LogP contribution in [0.1, 0.15) is 30.5 Å². The Hall–Kier alpha value is -2.98. The van der Waals surface area contributed by atoms with Gasteiger partial charge in [0, 0.05) is 33.9 Å². The number of fused-ring (bicyclic) bond motifs is 4. The molecule has 0 radical (unpaired) electrons. The second-order valence-electron chi connectivity index (χ2n) is 10.6. The van der Waals surface area contributed by atoms with Gasteiger partial charge in [0.1, 0.15) is 24.0 Å². The minimum Gasteiger partial charge on any atom is -0.455 e. The quantitative estimate of drug-likeness (QED) is 0.196. The molecule has 0 aliphatic heterocycles. The molecule has 5 rings (SSSR count). The van der Waals surface area contributed by atoms with Crippen LogP contribution >= 0.6 is 0 Å². The molecule has 0 saturated heterocycles. The smallest absolute Gasteiger partial charge is 0.216 e. The summed E-state index contributed by atoms with van der Waals surface area (Å²) in [6.45, 7) is 15.8. The standard InChI is InChI=1S/C30H33FNOSi/c1-17(2)34(7,8)27-16-26(32(6)25-12-10-9-11-22(25)27)28-19(4)18(3)15-23-21-13-14-24(31)20(5)29(21)33-30(23)28/h9-17H,1-8H3/q+1. The maximum atomic E-state index is 14.4. The highest BCUT2D eigenvalue weighted by atomic mass is 28.3. The average molecular weight is 471 g/mol. The molecule has 0 spiro atoms. The molecule has 0 N–H and O–H groups in total. The molecule has 3 aromatic carbocycles. The van der Waals surface area contributed by atoms with Crippen molar-refractivity contribution in [3.63, 3.8) is 0 Å². The summed E-state index contributed by atoms with van der Waals surface area (Å²) in [5.74, 6) is -0.232. The van der Waals surface area contributed by atoms with Crippen LogP contribution in [0.25, 0.3) is 44.1 Å². The van der Waals surface area contributed by atoms with Crippen molar-refractivity contribution in [2.75, 3.05) is 0 Å². The Bertz CT molecular complexity index is 1610. The van der Waals surface area contributed by atoms with Crippen LogP contribution < -0.4 is 9.75 Å². The van der Waals surface area contributed by atoms with Crippen molar-refractivity contribution in [3.8, 4) is 11.3 Å². The normalized spacial score (nSPS) is 12.5. The third kappa shape index (κ3) is 3.15. The van der Waals surface area contributed by atoms with E-state index in [2.05, 4.69) is 88.8 Å². The highest BCUT2D eigenvalue weighted by molar-refractivity contribution is 6.92. The van der Waals surface area contributed by atoms with Crippen molar-refractivity contribution < 1.29 is 13.4 Å². The van der Waals surface area contributed by atoms with E-state index in [1.807, 2.05) is 6.07 Å². The van der Waals surface area contributed by atoms with E-state index in [4.69, 9.17) is 4.42 Å². The van der Waals surface area contributed by atoms with Crippen LogP contribution in [-0.4, -0.2) is 8.07 Å². The number of aryl methyl sites for hydroxylation is 3. The SMILES string of the molecule is Cc1cc2c(oc3c(C)c(F)ccc32)c(-c2cc([Si](C)(C)C(C)C)c3ccccc3[n+]2C)c1C. The van der Waals surface area contributed by atoms with Crippen LogP contribution in [0.4, 0.5) is 4.39 Å². The number of hydrogen-bond donors (Lipinski definition) is 0. The van der Waals surface area contributed by atoms with E-state index < -0.39 is 8.07 Å². The van der Waals surface area contributed by atoms with Crippen LogP contribution in [0.2, 0.25) is 18.6 Å². The number of hydrogen-bond acceptors (Lipinski definition) is 1. The zero-order valence-electron chi connectivity index (χ0n) is 21.4. The first-order valence-corrected chi connectivity index (χ1v) is 15.2. The predicted octanol–water partition coefficient (Wildman–Crippen LogP) is 7.62. The Morgan fingerprint density at radius 1 is 0.853 bits per heavy atom. The molecule has 2 nitrogen and oxygen atoms in total. The second-order valence-corrected chi connectivity index (χ2v) is 15.8. The van der Waals surface area contributed by atoms with Crippen molar-refractivity contribution in [3.05, 3.63) is 71.0 Å². The summed E-state index contributed by atoms with van der Waals surface area (Å²) >= 11 is 0. The fourth-order valence-electron chi connectivity index (χ4n) is 5.14. The molecule has 0 aliphatic rings. The Morgan fingerprint density at radius 3 is 2.26 bits per heavy atom. The van der Waals surface area contributed by atoms with Crippen LogP contribution in [0.3, 0.4) is 0 Å². The molecule has 0 unspecified atom stereocenters. The number of pyridine rings is 1. The van der Waals surface area contributed by atoms with Crippen LogP contribution in [-0.2, 0) is 7.05 Å². The lowest BCUT2D eigenvalue weighted by Crippen LogP contribution is -2.47. The Labute approximate surface area is 202 Å². The number of rotatable bonds is 3. The molecule has 34 heavy (non-hydrogen) atoms. The van der Waals surface area contributed by atoms with E-state index in [0.29, 0.717) is 16.7 Å². The summed E-state index contributed by atoms with van der Waals surface area (Å²) in [6, 6.07) is 16.7. The molecular formula is C30H33FNOSi+. The molecule has 0 aliphatic carbocycles. The number of para-hydroxylation sites is 1. The molecule has 4 heteroatoms. The number of benzene rings is 3. The largest absolute Gasteiger partial charge is 0.455 e. The van der Waals surface area contributed by atoms with E-state index in [1.165, 1.54) is 27.2 Å². The Balaban J connectivity index is 1.97. The molecule has 0 amide bonds. The fraction of sp³-hybridized carbons (Fsp3) is 0.300. The highest BCUT2D eigenvalue weighted by Gasteiger charge is 2.34. The summed E-state index contributed by atoms with van der Waals surface area (Å²) in [7, 11) is 0.397. The lowest BCUT2D eigenvalue weighted by Gasteiger charge is -2.28. The molecule has 2 heterocycles. The van der Waals surface area contributed by atoms with Gasteiger partial charge < -0.3 is 4.42 Å². The van der Waals surface area contributed by atoms with Crippen LogP contribution in [0, 0.1) is 26.6 Å². The third-order valence-electron chi connectivity index (χ3n) is 8.22. The molecule has 2 aromatic heterocycles. The molecule has 0 fully saturated rings. The van der Waals surface area contributed by atoms with E-state index in [9.17, 15) is 4.39 Å². The Morgan fingerprint density at radius 2 is 1.56 bits per heavy atom. The summed E-state index contributed by atoms with van der Waals surface area (Å²) in [4.78, 5) is 0. The van der Waals surface area contributed by atoms with Gasteiger partial charge in [0.05, 0.1) is 13.6 Å². The van der Waals surface area contributed by atoms with E-state index in [1.54, 1.807) is 13.0 Å². The maximum absolute atomic E-state index is 14.4. The van der Waals surface area contributed by atoms with E-state index >= 15 is 0 Å². The van der Waals surface area contributed by atoms with Gasteiger partial charge in [-0.05, 0) is 66.9 Å². The minimum atomic E-state index is -1.75. The fourth-order valence-corrected chi connectivity index (χ4v) is 7.18. The minimum absolute atomic E-state index is 0.232. The molecule has 174 valence electrons. The van der Waals surface area contributed by atoms with Crippen molar-refractivity contribution in [1.29, 1.82) is 0 Å². The lowest BCUT2D eigenvalue weighted by molar-refractivity contribution is -0.633. The van der Waals surface area contributed by atoms with Crippen molar-refractivity contribution >= 4 is 46.1 Å². The van der Waals surface area contributed by atoms with Gasteiger partial charge in [-0.15, -0.1) is 0 Å². The number of aromatic nitrogens is 1. The maximum Gasteiger partial charge on any atom is 0.216 e. The highest BCUT2D eigenvalue weighted by Crippen LogP contribution is 2.40. The summed E-state index contributed by atoms with van der Waals surface area (Å²) in [5, 5.41) is 4.83. The number of halogens is 1. The first-order chi connectivity index (χ1) is 16.0. The Kier molecular flexibility index (Phi) is 5.21. The number of furan rings is 1. The van der Waals surface area contributed by atoms with Gasteiger partial charge in [0.2, 0.25) is 11.2 Å². The van der Waals surface area contributed by atoms with Crippen molar-refractivity contribution in [2.24, 2.45) is 7.05 Å². The van der Waals surface area contributed by atoms with Crippen molar-refractivity contribution in [1.82, 2.24) is 0 Å². The van der Waals surface area contributed by atoms with E-state index in [-0.39, 0.29) is 5.82 Å².